The molecule has 0 spiro atoms. The summed E-state index contributed by atoms with van der Waals surface area (Å²) in [5, 5.41) is 3.05. The molecule has 1 unspecified atom stereocenters. The molecule has 2 aromatic carbocycles. The van der Waals surface area contributed by atoms with E-state index in [1.807, 2.05) is 42.5 Å². The SMILES string of the molecule is COc1ccccc1NC(N)=NCCCOC(C)c1ccccc1. The molecule has 1 atom stereocenters. The quantitative estimate of drug-likeness (QED) is 0.442. The van der Waals surface area contributed by atoms with Gasteiger partial charge in [0.2, 0.25) is 0 Å². The summed E-state index contributed by atoms with van der Waals surface area (Å²) < 4.78 is 11.1. The number of para-hydroxylation sites is 2. The van der Waals surface area contributed by atoms with Crippen LogP contribution in [0.25, 0.3) is 0 Å². The standard InChI is InChI=1S/C19H25N3O2/c1-15(16-9-4-3-5-10-16)24-14-8-13-21-19(20)22-17-11-6-7-12-18(17)23-2/h3-7,9-12,15H,8,13-14H2,1-2H3,(H3,20,21,22). The molecule has 0 fully saturated rings. The highest BCUT2D eigenvalue weighted by Gasteiger charge is 2.04. The Bertz CT molecular complexity index is 644. The number of nitrogens with two attached hydrogens (primary N) is 1. The van der Waals surface area contributed by atoms with Gasteiger partial charge in [0, 0.05) is 13.2 Å². The maximum atomic E-state index is 5.90. The number of rotatable bonds is 8. The van der Waals surface area contributed by atoms with Gasteiger partial charge < -0.3 is 20.5 Å². The average Bonchev–Trinajstić information content (AvgIpc) is 2.62. The van der Waals surface area contributed by atoms with E-state index < -0.39 is 0 Å². The molecular weight excluding hydrogens is 302 g/mol. The minimum atomic E-state index is 0.0826. The summed E-state index contributed by atoms with van der Waals surface area (Å²) >= 11 is 0. The number of ether oxygens (including phenoxy) is 2. The minimum Gasteiger partial charge on any atom is -0.495 e. The average molecular weight is 327 g/mol. The number of nitrogens with one attached hydrogen (secondary N) is 1. The zero-order valence-electron chi connectivity index (χ0n) is 14.2. The molecule has 2 aromatic rings. The first-order chi connectivity index (χ1) is 11.7. The van der Waals surface area contributed by atoms with E-state index in [1.54, 1.807) is 7.11 Å². The van der Waals surface area contributed by atoms with Gasteiger partial charge in [-0.05, 0) is 31.0 Å². The van der Waals surface area contributed by atoms with Crippen molar-refractivity contribution in [3.05, 3.63) is 60.2 Å². The first kappa shape index (κ1) is 17.8. The van der Waals surface area contributed by atoms with Crippen molar-refractivity contribution in [3.8, 4) is 5.75 Å². The van der Waals surface area contributed by atoms with Crippen molar-refractivity contribution in [2.45, 2.75) is 19.4 Å². The molecule has 0 bridgehead atoms. The Balaban J connectivity index is 1.72. The van der Waals surface area contributed by atoms with Crippen LogP contribution in [0.3, 0.4) is 0 Å². The third-order valence-corrected chi connectivity index (χ3v) is 3.59. The van der Waals surface area contributed by atoms with E-state index in [0.29, 0.717) is 19.1 Å². The number of hydrogen-bond donors (Lipinski definition) is 2. The number of hydrogen-bond acceptors (Lipinski definition) is 3. The third kappa shape index (κ3) is 5.59. The third-order valence-electron chi connectivity index (χ3n) is 3.59. The Kier molecular flexibility index (Phi) is 7.11. The van der Waals surface area contributed by atoms with Crippen molar-refractivity contribution in [1.82, 2.24) is 0 Å². The number of nitrogens with zero attached hydrogens (tertiary/aromatic N) is 1. The normalized spacial score (nSPS) is 12.7. The molecule has 0 amide bonds. The molecule has 0 aliphatic heterocycles. The highest BCUT2D eigenvalue weighted by atomic mass is 16.5. The van der Waals surface area contributed by atoms with Gasteiger partial charge in [0.1, 0.15) is 5.75 Å². The van der Waals surface area contributed by atoms with Crippen LogP contribution in [-0.4, -0.2) is 26.2 Å². The Morgan fingerprint density at radius 3 is 2.58 bits per heavy atom. The molecule has 2 rings (SSSR count). The molecule has 5 nitrogen and oxygen atoms in total. The second-order valence-corrected chi connectivity index (χ2v) is 5.37. The first-order valence-electron chi connectivity index (χ1n) is 8.07. The Labute approximate surface area is 143 Å². The largest absolute Gasteiger partial charge is 0.495 e. The minimum absolute atomic E-state index is 0.0826. The van der Waals surface area contributed by atoms with Gasteiger partial charge in [-0.2, -0.15) is 0 Å². The molecule has 3 N–H and O–H groups in total. The van der Waals surface area contributed by atoms with Crippen molar-refractivity contribution < 1.29 is 9.47 Å². The number of methoxy groups -OCH3 is 1. The fourth-order valence-corrected chi connectivity index (χ4v) is 2.27. The molecule has 0 aromatic heterocycles. The van der Waals surface area contributed by atoms with E-state index in [-0.39, 0.29) is 6.10 Å². The zero-order chi connectivity index (χ0) is 17.2. The van der Waals surface area contributed by atoms with Crippen LogP contribution in [0.15, 0.2) is 59.6 Å². The molecular formula is C19H25N3O2. The molecule has 0 heterocycles. The van der Waals surface area contributed by atoms with E-state index in [2.05, 4.69) is 29.4 Å². The van der Waals surface area contributed by atoms with Crippen molar-refractivity contribution in [1.29, 1.82) is 0 Å². The summed E-state index contributed by atoms with van der Waals surface area (Å²) in [6, 6.07) is 17.8. The van der Waals surface area contributed by atoms with Gasteiger partial charge in [-0.3, -0.25) is 4.99 Å². The second-order valence-electron chi connectivity index (χ2n) is 5.37. The summed E-state index contributed by atoms with van der Waals surface area (Å²) in [5.41, 5.74) is 7.89. The van der Waals surface area contributed by atoms with Crippen LogP contribution in [-0.2, 0) is 4.74 Å². The lowest BCUT2D eigenvalue weighted by atomic mass is 10.1. The van der Waals surface area contributed by atoms with Crippen molar-refractivity contribution in [3.63, 3.8) is 0 Å². The Hall–Kier alpha value is -2.53. The summed E-state index contributed by atoms with van der Waals surface area (Å²) in [7, 11) is 1.62. The maximum Gasteiger partial charge on any atom is 0.193 e. The van der Waals surface area contributed by atoms with Crippen LogP contribution in [0.5, 0.6) is 5.75 Å². The molecule has 0 radical (unpaired) electrons. The molecule has 5 heteroatoms. The molecule has 0 saturated heterocycles. The predicted molar refractivity (Wildman–Crippen MR) is 98.5 cm³/mol. The highest BCUT2D eigenvalue weighted by Crippen LogP contribution is 2.22. The summed E-state index contributed by atoms with van der Waals surface area (Å²) in [6.07, 6.45) is 0.894. The Morgan fingerprint density at radius 1 is 1.12 bits per heavy atom. The topological polar surface area (TPSA) is 68.9 Å². The van der Waals surface area contributed by atoms with Crippen LogP contribution in [0.1, 0.15) is 25.0 Å². The second kappa shape index (κ2) is 9.57. The lowest BCUT2D eigenvalue weighted by Crippen LogP contribution is -2.23. The van der Waals surface area contributed by atoms with Crippen molar-refractivity contribution in [2.75, 3.05) is 25.6 Å². The number of benzene rings is 2. The van der Waals surface area contributed by atoms with Crippen LogP contribution < -0.4 is 15.8 Å². The number of aliphatic imine (C=N–C) groups is 1. The monoisotopic (exact) mass is 327 g/mol. The van der Waals surface area contributed by atoms with Gasteiger partial charge in [0.05, 0.1) is 18.9 Å². The van der Waals surface area contributed by atoms with Crippen LogP contribution in [0, 0.1) is 0 Å². The first-order valence-corrected chi connectivity index (χ1v) is 8.07. The Morgan fingerprint density at radius 2 is 1.83 bits per heavy atom. The van der Waals surface area contributed by atoms with Crippen LogP contribution in [0.2, 0.25) is 0 Å². The lowest BCUT2D eigenvalue weighted by Gasteiger charge is -2.13. The van der Waals surface area contributed by atoms with Crippen LogP contribution >= 0.6 is 0 Å². The predicted octanol–water partition coefficient (Wildman–Crippen LogP) is 3.59. The van der Waals surface area contributed by atoms with Crippen LogP contribution in [0.4, 0.5) is 5.69 Å². The zero-order valence-corrected chi connectivity index (χ0v) is 14.2. The van der Waals surface area contributed by atoms with Gasteiger partial charge >= 0.3 is 0 Å². The fourth-order valence-electron chi connectivity index (χ4n) is 2.27. The molecule has 0 aliphatic rings. The number of anilines is 1. The van der Waals surface area contributed by atoms with E-state index in [0.717, 1.165) is 17.9 Å². The van der Waals surface area contributed by atoms with Gasteiger partial charge in [0.15, 0.2) is 5.96 Å². The highest BCUT2D eigenvalue weighted by molar-refractivity contribution is 5.93. The summed E-state index contributed by atoms with van der Waals surface area (Å²) in [4.78, 5) is 4.31. The fraction of sp³-hybridized carbons (Fsp3) is 0.316. The van der Waals surface area contributed by atoms with Gasteiger partial charge in [-0.1, -0.05) is 42.5 Å². The lowest BCUT2D eigenvalue weighted by molar-refractivity contribution is 0.0652. The smallest absolute Gasteiger partial charge is 0.193 e. The van der Waals surface area contributed by atoms with E-state index in [9.17, 15) is 0 Å². The summed E-state index contributed by atoms with van der Waals surface area (Å²) in [5.74, 6) is 1.10. The molecule has 128 valence electrons. The van der Waals surface area contributed by atoms with E-state index in [4.69, 9.17) is 15.2 Å². The van der Waals surface area contributed by atoms with Crippen molar-refractivity contribution >= 4 is 11.6 Å². The number of guanidine groups is 1. The van der Waals surface area contributed by atoms with Gasteiger partial charge in [0.25, 0.3) is 0 Å². The molecule has 0 saturated carbocycles. The van der Waals surface area contributed by atoms with E-state index in [1.165, 1.54) is 5.56 Å². The summed E-state index contributed by atoms with van der Waals surface area (Å²) in [6.45, 7) is 3.30. The van der Waals surface area contributed by atoms with Crippen molar-refractivity contribution in [2.24, 2.45) is 10.7 Å². The maximum absolute atomic E-state index is 5.90. The van der Waals surface area contributed by atoms with Gasteiger partial charge in [-0.25, -0.2) is 0 Å². The van der Waals surface area contributed by atoms with E-state index >= 15 is 0 Å². The van der Waals surface area contributed by atoms with Gasteiger partial charge in [-0.15, -0.1) is 0 Å². The molecule has 0 aliphatic carbocycles. The molecule has 24 heavy (non-hydrogen) atoms.